The van der Waals surface area contributed by atoms with Crippen molar-refractivity contribution in [2.75, 3.05) is 66.6 Å². The minimum atomic E-state index is 0.688. The third-order valence-corrected chi connectivity index (χ3v) is 4.48. The number of hydrogen-bond acceptors (Lipinski definition) is 4. The fourth-order valence-electron chi connectivity index (χ4n) is 3.01. The van der Waals surface area contributed by atoms with Crippen molar-refractivity contribution in [3.05, 3.63) is 35.9 Å². The first-order valence-corrected chi connectivity index (χ1v) is 9.24. The second-order valence-corrected chi connectivity index (χ2v) is 6.38. The first-order chi connectivity index (χ1) is 12.3. The first-order valence-electron chi connectivity index (χ1n) is 9.24. The van der Waals surface area contributed by atoms with Crippen LogP contribution in [0, 0.1) is 0 Å². The number of benzene rings is 1. The van der Waals surface area contributed by atoms with Gasteiger partial charge < -0.3 is 20.3 Å². The normalized spacial score (nSPS) is 16.8. The summed E-state index contributed by atoms with van der Waals surface area (Å²) in [6, 6.07) is 10.8. The van der Waals surface area contributed by atoms with Gasteiger partial charge in [-0.05, 0) is 18.5 Å². The fourth-order valence-corrected chi connectivity index (χ4v) is 3.01. The number of aliphatic imine (C=N–C) groups is 1. The summed E-state index contributed by atoms with van der Waals surface area (Å²) < 4.78 is 5.03. The topological polar surface area (TPSA) is 52.1 Å². The molecule has 25 heavy (non-hydrogen) atoms. The molecule has 1 fully saturated rings. The molecule has 0 aromatic heterocycles. The molecule has 1 aliphatic rings. The Morgan fingerprint density at radius 3 is 2.40 bits per heavy atom. The van der Waals surface area contributed by atoms with E-state index in [2.05, 4.69) is 55.8 Å². The van der Waals surface area contributed by atoms with Crippen molar-refractivity contribution in [1.82, 2.24) is 20.4 Å². The van der Waals surface area contributed by atoms with Crippen LogP contribution in [0.5, 0.6) is 0 Å². The van der Waals surface area contributed by atoms with Crippen molar-refractivity contribution >= 4 is 5.96 Å². The van der Waals surface area contributed by atoms with E-state index in [0.717, 1.165) is 64.7 Å². The van der Waals surface area contributed by atoms with Crippen molar-refractivity contribution in [1.29, 1.82) is 0 Å². The molecule has 0 unspecified atom stereocenters. The van der Waals surface area contributed by atoms with Crippen molar-refractivity contribution in [2.24, 2.45) is 4.99 Å². The summed E-state index contributed by atoms with van der Waals surface area (Å²) in [5.74, 6) is 0.852. The lowest BCUT2D eigenvalue weighted by molar-refractivity contribution is 0.126. The lowest BCUT2D eigenvalue weighted by Gasteiger charge is -2.34. The van der Waals surface area contributed by atoms with Crippen LogP contribution in [0.4, 0.5) is 0 Å². The Kier molecular flexibility index (Phi) is 9.33. The highest BCUT2D eigenvalue weighted by Gasteiger charge is 2.16. The number of nitrogens with zero attached hydrogens (tertiary/aromatic N) is 3. The van der Waals surface area contributed by atoms with E-state index in [0.29, 0.717) is 6.61 Å². The molecule has 6 nitrogen and oxygen atoms in total. The Hall–Kier alpha value is -1.63. The third kappa shape index (κ3) is 7.86. The number of methoxy groups -OCH3 is 1. The van der Waals surface area contributed by atoms with Crippen LogP contribution >= 0.6 is 0 Å². The number of rotatable bonds is 9. The summed E-state index contributed by atoms with van der Waals surface area (Å²) in [5.41, 5.74) is 1.41. The molecule has 1 aromatic rings. The maximum Gasteiger partial charge on any atom is 0.191 e. The Morgan fingerprint density at radius 2 is 1.72 bits per heavy atom. The van der Waals surface area contributed by atoms with Gasteiger partial charge in [0.15, 0.2) is 5.96 Å². The highest BCUT2D eigenvalue weighted by atomic mass is 16.5. The molecular weight excluding hydrogens is 314 g/mol. The van der Waals surface area contributed by atoms with Crippen molar-refractivity contribution in [3.8, 4) is 0 Å². The Balaban J connectivity index is 1.55. The summed E-state index contributed by atoms with van der Waals surface area (Å²) in [6.07, 6.45) is 1.13. The van der Waals surface area contributed by atoms with Gasteiger partial charge in [-0.1, -0.05) is 30.3 Å². The van der Waals surface area contributed by atoms with E-state index in [1.54, 1.807) is 14.2 Å². The number of hydrogen-bond donors (Lipinski definition) is 2. The molecule has 2 rings (SSSR count). The van der Waals surface area contributed by atoms with Gasteiger partial charge in [-0.15, -0.1) is 0 Å². The molecule has 0 saturated carbocycles. The summed E-state index contributed by atoms with van der Waals surface area (Å²) in [6.45, 7) is 9.25. The first kappa shape index (κ1) is 19.7. The molecule has 0 bridgehead atoms. The number of nitrogens with one attached hydrogen (secondary N) is 2. The number of ether oxygens (including phenoxy) is 1. The maximum absolute atomic E-state index is 5.03. The standard InChI is InChI=1S/C19H33N5O/c1-20-19(22-10-16-25-2)21-9-6-11-23-12-14-24(15-13-23)17-18-7-4-3-5-8-18/h3-5,7-8H,6,9-17H2,1-2H3,(H2,20,21,22). The SMILES string of the molecule is CN=C(NCCCN1CCN(Cc2ccccc2)CC1)NCCOC. The second kappa shape index (κ2) is 11.8. The van der Waals surface area contributed by atoms with E-state index in [1.165, 1.54) is 5.56 Å². The quantitative estimate of drug-likeness (QED) is 0.397. The Labute approximate surface area is 152 Å². The van der Waals surface area contributed by atoms with E-state index in [9.17, 15) is 0 Å². The van der Waals surface area contributed by atoms with Gasteiger partial charge in [0.05, 0.1) is 6.61 Å². The van der Waals surface area contributed by atoms with Gasteiger partial charge in [-0.3, -0.25) is 9.89 Å². The van der Waals surface area contributed by atoms with E-state index in [-0.39, 0.29) is 0 Å². The van der Waals surface area contributed by atoms with Gasteiger partial charge in [-0.25, -0.2) is 0 Å². The van der Waals surface area contributed by atoms with Crippen LogP contribution in [0.25, 0.3) is 0 Å². The Bertz CT molecular complexity index is 486. The summed E-state index contributed by atoms with van der Waals surface area (Å²) >= 11 is 0. The minimum absolute atomic E-state index is 0.688. The van der Waals surface area contributed by atoms with Crippen LogP contribution in [0.1, 0.15) is 12.0 Å². The summed E-state index contributed by atoms with van der Waals surface area (Å²) in [4.78, 5) is 9.32. The molecule has 1 saturated heterocycles. The fraction of sp³-hybridized carbons (Fsp3) is 0.632. The van der Waals surface area contributed by atoms with Gasteiger partial charge >= 0.3 is 0 Å². The van der Waals surface area contributed by atoms with Crippen LogP contribution < -0.4 is 10.6 Å². The highest BCUT2D eigenvalue weighted by molar-refractivity contribution is 5.79. The summed E-state index contributed by atoms with van der Waals surface area (Å²) in [7, 11) is 3.51. The smallest absolute Gasteiger partial charge is 0.191 e. The van der Waals surface area contributed by atoms with Crippen LogP contribution in [0.15, 0.2) is 35.3 Å². The van der Waals surface area contributed by atoms with Gasteiger partial charge in [0.2, 0.25) is 0 Å². The number of guanidine groups is 1. The average Bonchev–Trinajstić information content (AvgIpc) is 2.66. The van der Waals surface area contributed by atoms with Crippen molar-refractivity contribution < 1.29 is 4.74 Å². The van der Waals surface area contributed by atoms with Crippen molar-refractivity contribution in [2.45, 2.75) is 13.0 Å². The van der Waals surface area contributed by atoms with Crippen molar-refractivity contribution in [3.63, 3.8) is 0 Å². The molecule has 0 aliphatic carbocycles. The lowest BCUT2D eigenvalue weighted by atomic mass is 10.2. The monoisotopic (exact) mass is 347 g/mol. The zero-order valence-electron chi connectivity index (χ0n) is 15.7. The molecule has 1 aromatic carbocycles. The third-order valence-electron chi connectivity index (χ3n) is 4.48. The van der Waals surface area contributed by atoms with Gasteiger partial charge in [-0.2, -0.15) is 0 Å². The number of piperazine rings is 1. The van der Waals surface area contributed by atoms with Gasteiger partial charge in [0, 0.05) is 60.0 Å². The molecule has 0 amide bonds. The molecular formula is C19H33N5O. The predicted octanol–water partition coefficient (Wildman–Crippen LogP) is 1.01. The zero-order valence-corrected chi connectivity index (χ0v) is 15.7. The molecule has 0 spiro atoms. The minimum Gasteiger partial charge on any atom is -0.383 e. The van der Waals surface area contributed by atoms with E-state index in [4.69, 9.17) is 4.74 Å². The zero-order chi connectivity index (χ0) is 17.7. The molecule has 140 valence electrons. The summed E-state index contributed by atoms with van der Waals surface area (Å²) in [5, 5.41) is 6.59. The highest BCUT2D eigenvalue weighted by Crippen LogP contribution is 2.08. The van der Waals surface area contributed by atoms with Crippen LogP contribution in [0.3, 0.4) is 0 Å². The molecule has 0 radical (unpaired) electrons. The predicted molar refractivity (Wildman–Crippen MR) is 104 cm³/mol. The molecule has 0 atom stereocenters. The van der Waals surface area contributed by atoms with Crippen LogP contribution in [-0.2, 0) is 11.3 Å². The molecule has 1 heterocycles. The molecule has 2 N–H and O–H groups in total. The van der Waals surface area contributed by atoms with E-state index >= 15 is 0 Å². The largest absolute Gasteiger partial charge is 0.383 e. The molecule has 6 heteroatoms. The Morgan fingerprint density at radius 1 is 1.04 bits per heavy atom. The van der Waals surface area contributed by atoms with Gasteiger partial charge in [0.25, 0.3) is 0 Å². The van der Waals surface area contributed by atoms with Gasteiger partial charge in [0.1, 0.15) is 0 Å². The second-order valence-electron chi connectivity index (χ2n) is 6.38. The average molecular weight is 348 g/mol. The molecule has 1 aliphatic heterocycles. The lowest BCUT2D eigenvalue weighted by Crippen LogP contribution is -2.46. The van der Waals surface area contributed by atoms with E-state index in [1.807, 2.05) is 0 Å². The maximum atomic E-state index is 5.03. The van der Waals surface area contributed by atoms with Crippen LogP contribution in [-0.4, -0.2) is 82.3 Å². The van der Waals surface area contributed by atoms with E-state index < -0.39 is 0 Å². The van der Waals surface area contributed by atoms with Crippen LogP contribution in [0.2, 0.25) is 0 Å².